The zero-order valence-electron chi connectivity index (χ0n) is 21.7. The van der Waals surface area contributed by atoms with E-state index in [9.17, 15) is 4.79 Å². The molecule has 0 unspecified atom stereocenters. The van der Waals surface area contributed by atoms with Crippen LogP contribution >= 0.6 is 0 Å². The van der Waals surface area contributed by atoms with E-state index < -0.39 is 0 Å². The molecule has 1 aromatic rings. The van der Waals surface area contributed by atoms with E-state index in [0.717, 1.165) is 31.2 Å². The van der Waals surface area contributed by atoms with Crippen LogP contribution in [0.4, 0.5) is 0 Å². The highest BCUT2D eigenvalue weighted by Crippen LogP contribution is 2.21. The van der Waals surface area contributed by atoms with E-state index in [1.807, 2.05) is 43.0 Å². The number of hydrogen-bond donors (Lipinski definition) is 0. The van der Waals surface area contributed by atoms with Gasteiger partial charge in [-0.3, -0.25) is 4.79 Å². The molecular weight excluding hydrogens is 394 g/mol. The molecule has 0 saturated heterocycles. The predicted octanol–water partition coefficient (Wildman–Crippen LogP) is 8.66. The third-order valence-electron chi connectivity index (χ3n) is 6.35. The molecule has 0 radical (unpaired) electrons. The molecule has 0 aliphatic carbocycles. The van der Waals surface area contributed by atoms with Crippen LogP contribution in [0.2, 0.25) is 0 Å². The van der Waals surface area contributed by atoms with Crippen molar-refractivity contribution in [3.63, 3.8) is 0 Å². The summed E-state index contributed by atoms with van der Waals surface area (Å²) in [6, 6.07) is 7.66. The van der Waals surface area contributed by atoms with Crippen molar-refractivity contribution in [1.29, 1.82) is 0 Å². The van der Waals surface area contributed by atoms with Gasteiger partial charge in [0.1, 0.15) is 5.75 Å². The Morgan fingerprint density at radius 1 is 0.750 bits per heavy atom. The zero-order valence-corrected chi connectivity index (χ0v) is 21.7. The van der Waals surface area contributed by atoms with Crippen LogP contribution in [-0.4, -0.2) is 30.5 Å². The predicted molar refractivity (Wildman–Crippen MR) is 139 cm³/mol. The van der Waals surface area contributed by atoms with Gasteiger partial charge in [-0.1, -0.05) is 109 Å². The quantitative estimate of drug-likeness (QED) is 0.188. The minimum Gasteiger partial charge on any atom is -0.493 e. The first kappa shape index (κ1) is 28.5. The number of unbranched alkanes of at least 4 members (excludes halogenated alkanes) is 12. The molecule has 0 aliphatic rings. The lowest BCUT2D eigenvalue weighted by Crippen LogP contribution is -2.30. The highest BCUT2D eigenvalue weighted by Gasteiger charge is 2.16. The van der Waals surface area contributed by atoms with Crippen LogP contribution in [0.1, 0.15) is 128 Å². The summed E-state index contributed by atoms with van der Waals surface area (Å²) in [6.07, 6.45) is 19.0. The van der Waals surface area contributed by atoms with Crippen LogP contribution < -0.4 is 4.74 Å². The highest BCUT2D eigenvalue weighted by molar-refractivity contribution is 5.96. The van der Waals surface area contributed by atoms with Crippen molar-refractivity contribution in [3.8, 4) is 5.75 Å². The molecule has 0 fully saturated rings. The lowest BCUT2D eigenvalue weighted by atomic mass is 10.0. The Labute approximate surface area is 199 Å². The molecular formula is C29H51NO2. The smallest absolute Gasteiger partial charge is 0.257 e. The summed E-state index contributed by atoms with van der Waals surface area (Å²) in [5.41, 5.74) is 0.687. The average molecular weight is 446 g/mol. The Balaban J connectivity index is 2.00. The van der Waals surface area contributed by atoms with Crippen LogP contribution in [0, 0.1) is 5.92 Å². The molecule has 3 nitrogen and oxygen atoms in total. The first-order valence-corrected chi connectivity index (χ1v) is 13.6. The van der Waals surface area contributed by atoms with Gasteiger partial charge in [-0.05, 0) is 38.3 Å². The van der Waals surface area contributed by atoms with E-state index in [-0.39, 0.29) is 5.91 Å². The Morgan fingerprint density at radius 2 is 1.22 bits per heavy atom. The van der Waals surface area contributed by atoms with Crippen molar-refractivity contribution in [3.05, 3.63) is 29.8 Å². The topological polar surface area (TPSA) is 29.5 Å². The zero-order chi connectivity index (χ0) is 23.4. The second-order valence-electron chi connectivity index (χ2n) is 9.60. The van der Waals surface area contributed by atoms with Crippen LogP contribution in [-0.2, 0) is 0 Å². The first-order valence-electron chi connectivity index (χ1n) is 13.6. The third kappa shape index (κ3) is 13.1. The third-order valence-corrected chi connectivity index (χ3v) is 6.35. The van der Waals surface area contributed by atoms with E-state index in [4.69, 9.17) is 4.74 Å². The van der Waals surface area contributed by atoms with Gasteiger partial charge >= 0.3 is 0 Å². The van der Waals surface area contributed by atoms with Gasteiger partial charge in [-0.25, -0.2) is 0 Å². The molecule has 3 heteroatoms. The fourth-order valence-electron chi connectivity index (χ4n) is 4.23. The maximum Gasteiger partial charge on any atom is 0.257 e. The summed E-state index contributed by atoms with van der Waals surface area (Å²) in [4.78, 5) is 14.5. The summed E-state index contributed by atoms with van der Waals surface area (Å²) >= 11 is 0. The number of carbonyl (C=O) groups excluding carboxylic acids is 1. The monoisotopic (exact) mass is 445 g/mol. The van der Waals surface area contributed by atoms with Gasteiger partial charge in [-0.2, -0.15) is 0 Å². The normalized spacial score (nSPS) is 11.2. The molecule has 184 valence electrons. The minimum absolute atomic E-state index is 0.0664. The summed E-state index contributed by atoms with van der Waals surface area (Å²) in [7, 11) is 0. The Hall–Kier alpha value is -1.51. The minimum atomic E-state index is 0.0664. The van der Waals surface area contributed by atoms with E-state index >= 15 is 0 Å². The molecule has 0 bridgehead atoms. The fraction of sp³-hybridized carbons (Fsp3) is 0.759. The number of benzene rings is 1. The van der Waals surface area contributed by atoms with E-state index in [1.54, 1.807) is 0 Å². The van der Waals surface area contributed by atoms with E-state index in [0.29, 0.717) is 12.2 Å². The van der Waals surface area contributed by atoms with Gasteiger partial charge in [0.2, 0.25) is 0 Å². The fourth-order valence-corrected chi connectivity index (χ4v) is 4.23. The average Bonchev–Trinajstić information content (AvgIpc) is 2.79. The molecule has 1 rings (SSSR count). The summed E-state index contributed by atoms with van der Waals surface area (Å²) < 4.78 is 5.97. The number of nitrogens with zero attached hydrogens (tertiary/aromatic N) is 1. The van der Waals surface area contributed by atoms with Gasteiger partial charge in [-0.15, -0.1) is 0 Å². The summed E-state index contributed by atoms with van der Waals surface area (Å²) in [5, 5.41) is 0. The molecule has 32 heavy (non-hydrogen) atoms. The van der Waals surface area contributed by atoms with Crippen molar-refractivity contribution in [2.75, 3.05) is 19.7 Å². The van der Waals surface area contributed by atoms with Crippen LogP contribution in [0.5, 0.6) is 5.75 Å². The Kier molecular flexibility index (Phi) is 16.9. The first-order chi connectivity index (χ1) is 15.6. The van der Waals surface area contributed by atoms with Crippen molar-refractivity contribution in [2.45, 2.75) is 118 Å². The number of ether oxygens (including phenoxy) is 1. The standard InChI is InChI=1S/C29H51NO2/c1-5-30(6-2)29(31)27-23-19-20-24-28(27)32-25-21-17-15-13-11-9-7-8-10-12-14-16-18-22-26(3)4/h19-20,23-24,26H,5-18,21-22,25H2,1-4H3. The Morgan fingerprint density at radius 3 is 1.72 bits per heavy atom. The van der Waals surface area contributed by atoms with Crippen LogP contribution in [0.15, 0.2) is 24.3 Å². The molecule has 0 N–H and O–H groups in total. The van der Waals surface area contributed by atoms with Crippen molar-refractivity contribution >= 4 is 5.91 Å². The number of carbonyl (C=O) groups is 1. The Bertz CT molecular complexity index is 580. The number of rotatable bonds is 20. The number of amides is 1. The summed E-state index contributed by atoms with van der Waals surface area (Å²) in [5.74, 6) is 1.66. The molecule has 0 heterocycles. The molecule has 1 aromatic carbocycles. The van der Waals surface area contributed by atoms with Gasteiger partial charge in [0.25, 0.3) is 5.91 Å². The lowest BCUT2D eigenvalue weighted by molar-refractivity contribution is 0.0768. The number of para-hydroxylation sites is 1. The maximum absolute atomic E-state index is 12.7. The van der Waals surface area contributed by atoms with Crippen LogP contribution in [0.25, 0.3) is 0 Å². The van der Waals surface area contributed by atoms with Gasteiger partial charge in [0, 0.05) is 13.1 Å². The second kappa shape index (κ2) is 19.0. The van der Waals surface area contributed by atoms with Gasteiger partial charge < -0.3 is 9.64 Å². The molecule has 0 spiro atoms. The second-order valence-corrected chi connectivity index (χ2v) is 9.60. The molecule has 1 amide bonds. The molecule has 0 atom stereocenters. The highest BCUT2D eigenvalue weighted by atomic mass is 16.5. The van der Waals surface area contributed by atoms with Crippen molar-refractivity contribution in [2.24, 2.45) is 5.92 Å². The van der Waals surface area contributed by atoms with Crippen molar-refractivity contribution < 1.29 is 9.53 Å². The van der Waals surface area contributed by atoms with Crippen LogP contribution in [0.3, 0.4) is 0 Å². The van der Waals surface area contributed by atoms with Crippen molar-refractivity contribution in [1.82, 2.24) is 4.90 Å². The maximum atomic E-state index is 12.7. The molecule has 0 aliphatic heterocycles. The summed E-state index contributed by atoms with van der Waals surface area (Å²) in [6.45, 7) is 10.8. The largest absolute Gasteiger partial charge is 0.493 e. The van der Waals surface area contributed by atoms with E-state index in [2.05, 4.69) is 13.8 Å². The molecule has 0 saturated carbocycles. The van der Waals surface area contributed by atoms with Gasteiger partial charge in [0.15, 0.2) is 0 Å². The SMILES string of the molecule is CCN(CC)C(=O)c1ccccc1OCCCCCCCCCCCCCCCC(C)C. The lowest BCUT2D eigenvalue weighted by Gasteiger charge is -2.20. The van der Waals surface area contributed by atoms with Gasteiger partial charge in [0.05, 0.1) is 12.2 Å². The van der Waals surface area contributed by atoms with E-state index in [1.165, 1.54) is 83.5 Å². The molecule has 0 aromatic heterocycles. The number of hydrogen-bond acceptors (Lipinski definition) is 2.